The van der Waals surface area contributed by atoms with Gasteiger partial charge in [0.1, 0.15) is 5.75 Å². The Bertz CT molecular complexity index is 672. The molecule has 1 aliphatic heterocycles. The number of aliphatic hydroxyl groups excluding tert-OH is 1. The van der Waals surface area contributed by atoms with Gasteiger partial charge in [0.25, 0.3) is 5.91 Å². The molecule has 0 aromatic heterocycles. The van der Waals surface area contributed by atoms with E-state index in [0.717, 1.165) is 31.1 Å². The fourth-order valence-corrected chi connectivity index (χ4v) is 3.10. The second kappa shape index (κ2) is 11.6. The number of carbonyl (C=O) groups is 1. The van der Waals surface area contributed by atoms with Crippen LogP contribution in [0.25, 0.3) is 0 Å². The maximum absolute atomic E-state index is 11.7. The first-order chi connectivity index (χ1) is 14.0. The molecule has 1 aliphatic rings. The molecule has 8 heteroatoms. The van der Waals surface area contributed by atoms with Crippen molar-refractivity contribution in [3.05, 3.63) is 29.8 Å². The Kier molecular flexibility index (Phi) is 9.21. The van der Waals surface area contributed by atoms with Crippen LogP contribution in [0.4, 0.5) is 0 Å². The Morgan fingerprint density at radius 1 is 1.38 bits per heavy atom. The fourth-order valence-electron chi connectivity index (χ4n) is 3.10. The monoisotopic (exact) mass is 406 g/mol. The number of hydrogen-bond donors (Lipinski definition) is 3. The number of aliphatic hydroxyl groups is 1. The van der Waals surface area contributed by atoms with E-state index < -0.39 is 0 Å². The van der Waals surface area contributed by atoms with Gasteiger partial charge in [-0.05, 0) is 37.5 Å². The van der Waals surface area contributed by atoms with Crippen molar-refractivity contribution >= 4 is 11.9 Å². The van der Waals surface area contributed by atoms with Gasteiger partial charge in [0.15, 0.2) is 12.6 Å². The van der Waals surface area contributed by atoms with Gasteiger partial charge < -0.3 is 30.1 Å². The van der Waals surface area contributed by atoms with Crippen molar-refractivity contribution in [2.75, 3.05) is 53.6 Å². The molecule has 0 saturated carbocycles. The highest BCUT2D eigenvalue weighted by atomic mass is 16.5. The van der Waals surface area contributed by atoms with Crippen LogP contribution in [0.3, 0.4) is 0 Å². The van der Waals surface area contributed by atoms with Crippen LogP contribution in [0, 0.1) is 5.41 Å². The number of carbonyl (C=O) groups excluding carboxylic acids is 1. The zero-order valence-corrected chi connectivity index (χ0v) is 17.7. The standard InChI is InChI=1S/C21H34N4O4/c1-4-22-20(24-15-21(8-10-26)9-11-28-16-21)23-13-17-6-5-7-18(12-17)29-14-19(27)25(2)3/h5-7,12,26H,4,8-11,13-16H2,1-3H3,(H2,22,23,24). The van der Waals surface area contributed by atoms with E-state index >= 15 is 0 Å². The molecule has 2 rings (SSSR count). The molecule has 1 heterocycles. The smallest absolute Gasteiger partial charge is 0.259 e. The summed E-state index contributed by atoms with van der Waals surface area (Å²) in [5.41, 5.74) is 0.948. The average Bonchev–Trinajstić information content (AvgIpc) is 3.17. The van der Waals surface area contributed by atoms with Crippen LogP contribution in [-0.4, -0.2) is 75.5 Å². The predicted octanol–water partition coefficient (Wildman–Crippen LogP) is 0.998. The summed E-state index contributed by atoms with van der Waals surface area (Å²) >= 11 is 0. The van der Waals surface area contributed by atoms with E-state index in [4.69, 9.17) is 9.47 Å². The van der Waals surface area contributed by atoms with E-state index in [1.165, 1.54) is 4.90 Å². The molecular formula is C21H34N4O4. The van der Waals surface area contributed by atoms with Gasteiger partial charge in [0.05, 0.1) is 13.2 Å². The van der Waals surface area contributed by atoms with Crippen molar-refractivity contribution in [1.82, 2.24) is 15.5 Å². The number of aliphatic imine (C=N–C) groups is 1. The maximum Gasteiger partial charge on any atom is 0.259 e. The van der Waals surface area contributed by atoms with Gasteiger partial charge in [0, 0.05) is 45.8 Å². The second-order valence-electron chi connectivity index (χ2n) is 7.55. The number of benzene rings is 1. The number of ether oxygens (including phenoxy) is 2. The van der Waals surface area contributed by atoms with Crippen molar-refractivity contribution in [2.24, 2.45) is 10.4 Å². The molecule has 162 valence electrons. The lowest BCUT2D eigenvalue weighted by Gasteiger charge is -2.27. The summed E-state index contributed by atoms with van der Waals surface area (Å²) < 4.78 is 11.1. The summed E-state index contributed by atoms with van der Waals surface area (Å²) in [6.45, 7) is 5.53. The van der Waals surface area contributed by atoms with Gasteiger partial charge in [-0.1, -0.05) is 12.1 Å². The largest absolute Gasteiger partial charge is 0.484 e. The lowest BCUT2D eigenvalue weighted by atomic mass is 9.84. The minimum atomic E-state index is -0.0836. The molecule has 0 spiro atoms. The zero-order valence-electron chi connectivity index (χ0n) is 17.7. The van der Waals surface area contributed by atoms with Crippen LogP contribution in [0.2, 0.25) is 0 Å². The molecule has 1 aromatic rings. The number of nitrogens with one attached hydrogen (secondary N) is 2. The summed E-state index contributed by atoms with van der Waals surface area (Å²) in [7, 11) is 3.41. The van der Waals surface area contributed by atoms with Crippen LogP contribution in [0.5, 0.6) is 5.75 Å². The Morgan fingerprint density at radius 3 is 2.86 bits per heavy atom. The lowest BCUT2D eigenvalue weighted by molar-refractivity contribution is -0.130. The summed E-state index contributed by atoms with van der Waals surface area (Å²) in [5.74, 6) is 1.29. The molecule has 0 bridgehead atoms. The van der Waals surface area contributed by atoms with Gasteiger partial charge >= 0.3 is 0 Å². The first-order valence-corrected chi connectivity index (χ1v) is 10.1. The predicted molar refractivity (Wildman–Crippen MR) is 113 cm³/mol. The zero-order chi connectivity index (χ0) is 21.1. The average molecular weight is 407 g/mol. The van der Waals surface area contributed by atoms with Crippen molar-refractivity contribution in [3.63, 3.8) is 0 Å². The van der Waals surface area contributed by atoms with Crippen molar-refractivity contribution in [2.45, 2.75) is 26.3 Å². The van der Waals surface area contributed by atoms with Crippen molar-refractivity contribution in [1.29, 1.82) is 0 Å². The number of rotatable bonds is 10. The van der Waals surface area contributed by atoms with Crippen molar-refractivity contribution < 1.29 is 19.4 Å². The van der Waals surface area contributed by atoms with Crippen LogP contribution >= 0.6 is 0 Å². The van der Waals surface area contributed by atoms with Crippen LogP contribution in [0.15, 0.2) is 29.3 Å². The van der Waals surface area contributed by atoms with E-state index in [1.54, 1.807) is 14.1 Å². The summed E-state index contributed by atoms with van der Waals surface area (Å²) in [4.78, 5) is 17.8. The third-order valence-electron chi connectivity index (χ3n) is 4.98. The molecule has 1 saturated heterocycles. The molecule has 0 radical (unpaired) electrons. The van der Waals surface area contributed by atoms with E-state index in [1.807, 2.05) is 31.2 Å². The quantitative estimate of drug-likeness (QED) is 0.396. The van der Waals surface area contributed by atoms with E-state index in [-0.39, 0.29) is 24.5 Å². The Labute approximate surface area is 173 Å². The van der Waals surface area contributed by atoms with E-state index in [2.05, 4.69) is 15.6 Å². The highest BCUT2D eigenvalue weighted by Crippen LogP contribution is 2.31. The number of likely N-dealkylation sites (N-methyl/N-ethyl adjacent to an activating group) is 1. The lowest BCUT2D eigenvalue weighted by Crippen LogP contribution is -2.44. The van der Waals surface area contributed by atoms with Gasteiger partial charge in [-0.3, -0.25) is 4.79 Å². The molecule has 1 aromatic carbocycles. The van der Waals surface area contributed by atoms with Gasteiger partial charge in [-0.15, -0.1) is 0 Å². The van der Waals surface area contributed by atoms with Crippen molar-refractivity contribution in [3.8, 4) is 5.75 Å². The SMILES string of the molecule is CCNC(=NCc1cccc(OCC(=O)N(C)C)c1)NCC1(CCO)CCOC1. The van der Waals surface area contributed by atoms with E-state index in [0.29, 0.717) is 31.9 Å². The number of amides is 1. The Morgan fingerprint density at radius 2 is 2.21 bits per heavy atom. The van der Waals surface area contributed by atoms with Gasteiger partial charge in [0.2, 0.25) is 0 Å². The molecule has 3 N–H and O–H groups in total. The molecular weight excluding hydrogens is 372 g/mol. The summed E-state index contributed by atoms with van der Waals surface area (Å²) in [6.07, 6.45) is 1.65. The minimum absolute atomic E-state index is 0.0128. The van der Waals surface area contributed by atoms with Crippen LogP contribution < -0.4 is 15.4 Å². The number of guanidine groups is 1. The normalized spacial score (nSPS) is 19.1. The second-order valence-corrected chi connectivity index (χ2v) is 7.55. The fraction of sp³-hybridized carbons (Fsp3) is 0.619. The Balaban J connectivity index is 1.95. The summed E-state index contributed by atoms with van der Waals surface area (Å²) in [6, 6.07) is 7.60. The molecule has 8 nitrogen and oxygen atoms in total. The highest BCUT2D eigenvalue weighted by Gasteiger charge is 2.34. The van der Waals surface area contributed by atoms with Crippen LogP contribution in [0.1, 0.15) is 25.3 Å². The minimum Gasteiger partial charge on any atom is -0.484 e. The maximum atomic E-state index is 11.7. The first kappa shape index (κ1) is 23.0. The molecule has 1 atom stereocenters. The molecule has 1 fully saturated rings. The molecule has 29 heavy (non-hydrogen) atoms. The highest BCUT2D eigenvalue weighted by molar-refractivity contribution is 5.79. The van der Waals surface area contributed by atoms with Gasteiger partial charge in [-0.2, -0.15) is 0 Å². The molecule has 1 unspecified atom stereocenters. The van der Waals surface area contributed by atoms with Gasteiger partial charge in [-0.25, -0.2) is 4.99 Å². The van der Waals surface area contributed by atoms with Crippen LogP contribution in [-0.2, 0) is 16.1 Å². The third kappa shape index (κ3) is 7.55. The third-order valence-corrected chi connectivity index (χ3v) is 4.98. The number of hydrogen-bond acceptors (Lipinski definition) is 5. The van der Waals surface area contributed by atoms with E-state index in [9.17, 15) is 9.90 Å². The number of nitrogens with zero attached hydrogens (tertiary/aromatic N) is 2. The Hall–Kier alpha value is -2.32. The molecule has 1 amide bonds. The molecule has 0 aliphatic carbocycles. The first-order valence-electron chi connectivity index (χ1n) is 10.1. The topological polar surface area (TPSA) is 95.4 Å². The summed E-state index contributed by atoms with van der Waals surface area (Å²) in [5, 5.41) is 16.0.